The van der Waals surface area contributed by atoms with Gasteiger partial charge in [0, 0.05) is 6.42 Å². The summed E-state index contributed by atoms with van der Waals surface area (Å²) in [4.78, 5) is 12.9. The van der Waals surface area contributed by atoms with Crippen molar-refractivity contribution in [3.63, 3.8) is 0 Å². The standard InChI is InChI=1S/C41H73NO8/c1-3-5-7-9-11-13-15-17-18-19-20-22-24-26-28-30-35(44)34(33-49-41-40(48)39(47)38(46)36(32-43)50-41)42-37(45)31-29-27-25-23-21-16-14-12-10-8-6-4-2/h12,14-15,17,20,22,28,30,34-36,38-41,43-44,46-48H,3-11,13,16,18-19,21,23-27,29,31-33H2,1-2H3,(H,42,45)/b14-12-,17-15+,22-20+,30-28+. The van der Waals surface area contributed by atoms with Gasteiger partial charge >= 0.3 is 0 Å². The Morgan fingerprint density at radius 2 is 1.14 bits per heavy atom. The largest absolute Gasteiger partial charge is 0.394 e. The van der Waals surface area contributed by atoms with E-state index in [0.29, 0.717) is 6.42 Å². The molecule has 0 radical (unpaired) electrons. The highest BCUT2D eigenvalue weighted by Gasteiger charge is 2.44. The number of hydrogen-bond donors (Lipinski definition) is 6. The average molecular weight is 708 g/mol. The minimum Gasteiger partial charge on any atom is -0.394 e. The molecule has 1 fully saturated rings. The van der Waals surface area contributed by atoms with Crippen LogP contribution in [0.2, 0.25) is 0 Å². The number of carbonyl (C=O) groups excluding carboxylic acids is 1. The lowest BCUT2D eigenvalue weighted by molar-refractivity contribution is -0.302. The number of amides is 1. The van der Waals surface area contributed by atoms with E-state index in [-0.39, 0.29) is 12.5 Å². The van der Waals surface area contributed by atoms with Gasteiger partial charge in [-0.15, -0.1) is 0 Å². The van der Waals surface area contributed by atoms with Gasteiger partial charge in [-0.1, -0.05) is 120 Å². The van der Waals surface area contributed by atoms with Gasteiger partial charge in [-0.3, -0.25) is 4.79 Å². The van der Waals surface area contributed by atoms with Crippen molar-refractivity contribution >= 4 is 5.91 Å². The van der Waals surface area contributed by atoms with Crippen molar-refractivity contribution in [1.82, 2.24) is 5.32 Å². The summed E-state index contributed by atoms with van der Waals surface area (Å²) in [7, 11) is 0. The molecule has 0 aliphatic carbocycles. The van der Waals surface area contributed by atoms with Gasteiger partial charge in [-0.05, 0) is 70.6 Å². The number of ether oxygens (including phenoxy) is 2. The molecule has 7 unspecified atom stereocenters. The van der Waals surface area contributed by atoms with Crippen LogP contribution in [0.25, 0.3) is 0 Å². The third kappa shape index (κ3) is 22.9. The summed E-state index contributed by atoms with van der Waals surface area (Å²) in [5, 5.41) is 53.9. The zero-order valence-electron chi connectivity index (χ0n) is 31.4. The molecule has 290 valence electrons. The monoisotopic (exact) mass is 708 g/mol. The van der Waals surface area contributed by atoms with Crippen LogP contribution in [0.15, 0.2) is 48.6 Å². The molecule has 1 rings (SSSR count). The maximum atomic E-state index is 12.9. The van der Waals surface area contributed by atoms with Gasteiger partial charge in [0.15, 0.2) is 6.29 Å². The molecule has 0 aromatic carbocycles. The zero-order chi connectivity index (χ0) is 36.7. The van der Waals surface area contributed by atoms with E-state index in [1.54, 1.807) is 6.08 Å². The Balaban J connectivity index is 2.50. The van der Waals surface area contributed by atoms with Gasteiger partial charge in [0.05, 0.1) is 25.4 Å². The van der Waals surface area contributed by atoms with Crippen molar-refractivity contribution < 1.29 is 39.8 Å². The molecule has 9 heteroatoms. The number of allylic oxidation sites excluding steroid dienone is 7. The molecule has 1 aliphatic rings. The Bertz CT molecular complexity index is 920. The molecular formula is C41H73NO8. The molecule has 0 saturated carbocycles. The third-order valence-corrected chi connectivity index (χ3v) is 9.10. The number of aliphatic hydroxyl groups is 5. The van der Waals surface area contributed by atoms with E-state index in [2.05, 4.69) is 55.6 Å². The van der Waals surface area contributed by atoms with Crippen LogP contribution in [0, 0.1) is 0 Å². The van der Waals surface area contributed by atoms with Gasteiger partial charge in [0.1, 0.15) is 24.4 Å². The first-order chi connectivity index (χ1) is 24.3. The van der Waals surface area contributed by atoms with Gasteiger partial charge in [0.2, 0.25) is 5.91 Å². The summed E-state index contributed by atoms with van der Waals surface area (Å²) in [5.74, 6) is -0.205. The summed E-state index contributed by atoms with van der Waals surface area (Å²) in [6, 6.07) is -0.829. The predicted octanol–water partition coefficient (Wildman–Crippen LogP) is 7.11. The highest BCUT2D eigenvalue weighted by molar-refractivity contribution is 5.76. The fraction of sp³-hybridized carbons (Fsp3) is 0.780. The minimum absolute atomic E-state index is 0.205. The van der Waals surface area contributed by atoms with Crippen molar-refractivity contribution in [2.75, 3.05) is 13.2 Å². The molecule has 0 aromatic rings. The number of carbonyl (C=O) groups is 1. The van der Waals surface area contributed by atoms with Crippen LogP contribution in [0.3, 0.4) is 0 Å². The van der Waals surface area contributed by atoms with E-state index in [1.165, 1.54) is 51.4 Å². The molecule has 1 heterocycles. The molecular weight excluding hydrogens is 634 g/mol. The van der Waals surface area contributed by atoms with Gasteiger partial charge in [-0.2, -0.15) is 0 Å². The molecule has 6 N–H and O–H groups in total. The highest BCUT2D eigenvalue weighted by Crippen LogP contribution is 2.22. The van der Waals surface area contributed by atoms with E-state index in [4.69, 9.17) is 9.47 Å². The highest BCUT2D eigenvalue weighted by atomic mass is 16.7. The van der Waals surface area contributed by atoms with E-state index < -0.39 is 49.5 Å². The number of hydrogen-bond acceptors (Lipinski definition) is 8. The van der Waals surface area contributed by atoms with Crippen LogP contribution in [-0.2, 0) is 14.3 Å². The van der Waals surface area contributed by atoms with E-state index >= 15 is 0 Å². The second-order valence-corrected chi connectivity index (χ2v) is 13.7. The molecule has 0 aromatic heterocycles. The Kier molecular flexibility index (Phi) is 29.4. The summed E-state index contributed by atoms with van der Waals surface area (Å²) < 4.78 is 11.1. The van der Waals surface area contributed by atoms with Crippen LogP contribution in [0.5, 0.6) is 0 Å². The Morgan fingerprint density at radius 1 is 0.660 bits per heavy atom. The number of aliphatic hydroxyl groups excluding tert-OH is 5. The summed E-state index contributed by atoms with van der Waals surface area (Å²) in [6.07, 6.45) is 31.5. The average Bonchev–Trinajstić information content (AvgIpc) is 3.11. The molecule has 7 atom stereocenters. The predicted molar refractivity (Wildman–Crippen MR) is 203 cm³/mol. The third-order valence-electron chi connectivity index (χ3n) is 9.10. The van der Waals surface area contributed by atoms with Crippen LogP contribution >= 0.6 is 0 Å². The number of unbranched alkanes of at least 4 members (excludes halogenated alkanes) is 15. The van der Waals surface area contributed by atoms with Gasteiger partial charge < -0.3 is 40.3 Å². The van der Waals surface area contributed by atoms with E-state index in [1.807, 2.05) is 6.08 Å². The van der Waals surface area contributed by atoms with Crippen molar-refractivity contribution in [2.24, 2.45) is 0 Å². The van der Waals surface area contributed by atoms with Crippen LogP contribution in [0.1, 0.15) is 149 Å². The molecule has 50 heavy (non-hydrogen) atoms. The Morgan fingerprint density at radius 3 is 1.72 bits per heavy atom. The van der Waals surface area contributed by atoms with Crippen molar-refractivity contribution in [1.29, 1.82) is 0 Å². The normalized spacial score (nSPS) is 22.7. The molecule has 0 spiro atoms. The Labute approximate surface area is 303 Å². The smallest absolute Gasteiger partial charge is 0.220 e. The van der Waals surface area contributed by atoms with Gasteiger partial charge in [0.25, 0.3) is 0 Å². The second kappa shape index (κ2) is 31.9. The second-order valence-electron chi connectivity index (χ2n) is 13.7. The van der Waals surface area contributed by atoms with Crippen LogP contribution in [-0.4, -0.2) is 87.5 Å². The SMILES string of the molecule is CCCCC/C=C\CCCCCCCC(=O)NC(COC1OC(CO)C(O)C(O)C1O)C(O)/C=C/CC/C=C/CC/C=C/CCCCCCC. The lowest BCUT2D eigenvalue weighted by Crippen LogP contribution is -2.60. The first-order valence-electron chi connectivity index (χ1n) is 19.9. The van der Waals surface area contributed by atoms with Gasteiger partial charge in [-0.25, -0.2) is 0 Å². The summed E-state index contributed by atoms with van der Waals surface area (Å²) >= 11 is 0. The maximum Gasteiger partial charge on any atom is 0.220 e. The zero-order valence-corrected chi connectivity index (χ0v) is 31.4. The fourth-order valence-electron chi connectivity index (χ4n) is 5.83. The molecule has 9 nitrogen and oxygen atoms in total. The summed E-state index contributed by atoms with van der Waals surface area (Å²) in [5.41, 5.74) is 0. The molecule has 1 amide bonds. The minimum atomic E-state index is -1.57. The fourth-order valence-corrected chi connectivity index (χ4v) is 5.83. The van der Waals surface area contributed by atoms with Crippen molar-refractivity contribution in [2.45, 2.75) is 192 Å². The van der Waals surface area contributed by atoms with E-state index in [0.717, 1.165) is 77.0 Å². The first kappa shape index (κ1) is 46.2. The van der Waals surface area contributed by atoms with Crippen molar-refractivity contribution in [3.05, 3.63) is 48.6 Å². The molecule has 1 aliphatic heterocycles. The lowest BCUT2D eigenvalue weighted by atomic mass is 9.99. The molecule has 1 saturated heterocycles. The van der Waals surface area contributed by atoms with Crippen molar-refractivity contribution in [3.8, 4) is 0 Å². The number of nitrogens with one attached hydrogen (secondary N) is 1. The summed E-state index contributed by atoms with van der Waals surface area (Å²) in [6.45, 7) is 3.67. The van der Waals surface area contributed by atoms with Crippen LogP contribution < -0.4 is 5.32 Å². The quantitative estimate of drug-likeness (QED) is 0.0330. The first-order valence-corrected chi connectivity index (χ1v) is 19.9. The topological polar surface area (TPSA) is 149 Å². The molecule has 0 bridgehead atoms. The lowest BCUT2D eigenvalue weighted by Gasteiger charge is -2.40. The Hall–Kier alpha value is -1.85. The van der Waals surface area contributed by atoms with Crippen LogP contribution in [0.4, 0.5) is 0 Å². The maximum absolute atomic E-state index is 12.9. The van der Waals surface area contributed by atoms with E-state index in [9.17, 15) is 30.3 Å². The number of rotatable bonds is 31.